The number of ketones is 2. The van der Waals surface area contributed by atoms with E-state index in [0.29, 0.717) is 24.9 Å². The average molecular weight is 263 g/mol. The van der Waals surface area contributed by atoms with E-state index in [2.05, 4.69) is 0 Å². The van der Waals surface area contributed by atoms with Crippen LogP contribution in [-0.2, 0) is 11.3 Å². The van der Waals surface area contributed by atoms with Gasteiger partial charge in [-0.05, 0) is 25.8 Å². The van der Waals surface area contributed by atoms with Crippen molar-refractivity contribution in [3.05, 3.63) is 34.2 Å². The van der Waals surface area contributed by atoms with E-state index in [-0.39, 0.29) is 17.1 Å². The standard InChI is InChI=1S/C15H21NO3/c1-3-14(18)13-8-9-15(19)16(11-13)10-6-4-5-7-12(2)17/h8-9,11H,3-7,10H2,1-2H3. The SMILES string of the molecule is CCC(=O)c1ccc(=O)n(CCCCCC(C)=O)c1. The molecule has 0 bridgehead atoms. The minimum atomic E-state index is -0.0841. The lowest BCUT2D eigenvalue weighted by molar-refractivity contribution is -0.117. The Morgan fingerprint density at radius 1 is 1.16 bits per heavy atom. The molecular weight excluding hydrogens is 242 g/mol. The van der Waals surface area contributed by atoms with Crippen LogP contribution in [-0.4, -0.2) is 16.1 Å². The normalized spacial score (nSPS) is 10.4. The molecule has 0 unspecified atom stereocenters. The van der Waals surface area contributed by atoms with Gasteiger partial charge in [0.25, 0.3) is 5.56 Å². The van der Waals surface area contributed by atoms with Crippen molar-refractivity contribution >= 4 is 11.6 Å². The van der Waals surface area contributed by atoms with Crippen molar-refractivity contribution in [1.82, 2.24) is 4.57 Å². The molecule has 0 saturated heterocycles. The Morgan fingerprint density at radius 2 is 1.89 bits per heavy atom. The molecule has 0 spiro atoms. The summed E-state index contributed by atoms with van der Waals surface area (Å²) in [5.74, 6) is 0.248. The smallest absolute Gasteiger partial charge is 0.250 e. The fraction of sp³-hybridized carbons (Fsp3) is 0.533. The monoisotopic (exact) mass is 263 g/mol. The number of unbranched alkanes of at least 4 members (excludes halogenated alkanes) is 2. The highest BCUT2D eigenvalue weighted by atomic mass is 16.1. The zero-order valence-electron chi connectivity index (χ0n) is 11.6. The third kappa shape index (κ3) is 5.20. The van der Waals surface area contributed by atoms with Gasteiger partial charge in [-0.1, -0.05) is 13.3 Å². The van der Waals surface area contributed by atoms with E-state index >= 15 is 0 Å². The second kappa shape index (κ2) is 7.67. The molecule has 0 aromatic carbocycles. The number of aryl methyl sites for hydroxylation is 1. The van der Waals surface area contributed by atoms with Crippen molar-refractivity contribution in [2.75, 3.05) is 0 Å². The van der Waals surface area contributed by atoms with E-state index in [1.165, 1.54) is 6.07 Å². The van der Waals surface area contributed by atoms with E-state index in [1.807, 2.05) is 0 Å². The van der Waals surface area contributed by atoms with Crippen LogP contribution < -0.4 is 5.56 Å². The molecule has 0 aliphatic rings. The van der Waals surface area contributed by atoms with Gasteiger partial charge in [-0.2, -0.15) is 0 Å². The van der Waals surface area contributed by atoms with Crippen LogP contribution in [0.2, 0.25) is 0 Å². The van der Waals surface area contributed by atoms with Gasteiger partial charge in [0.1, 0.15) is 5.78 Å². The van der Waals surface area contributed by atoms with Gasteiger partial charge in [-0.15, -0.1) is 0 Å². The maximum Gasteiger partial charge on any atom is 0.250 e. The lowest BCUT2D eigenvalue weighted by atomic mass is 10.1. The predicted octanol–water partition coefficient (Wildman–Crippen LogP) is 2.59. The number of rotatable bonds is 8. The quantitative estimate of drug-likeness (QED) is 0.535. The maximum atomic E-state index is 11.7. The number of aromatic nitrogens is 1. The third-order valence-corrected chi connectivity index (χ3v) is 3.05. The van der Waals surface area contributed by atoms with Gasteiger partial charge in [0.15, 0.2) is 5.78 Å². The summed E-state index contributed by atoms with van der Waals surface area (Å²) in [5.41, 5.74) is 0.505. The molecule has 4 heteroatoms. The highest BCUT2D eigenvalue weighted by molar-refractivity contribution is 5.95. The number of carbonyl (C=O) groups is 2. The molecule has 0 N–H and O–H groups in total. The Labute approximate surface area is 113 Å². The van der Waals surface area contributed by atoms with Crippen molar-refractivity contribution in [3.8, 4) is 0 Å². The molecule has 19 heavy (non-hydrogen) atoms. The molecule has 0 fully saturated rings. The molecule has 4 nitrogen and oxygen atoms in total. The summed E-state index contributed by atoms with van der Waals surface area (Å²) in [6.45, 7) is 3.99. The van der Waals surface area contributed by atoms with Crippen molar-refractivity contribution in [1.29, 1.82) is 0 Å². The number of hydrogen-bond acceptors (Lipinski definition) is 3. The van der Waals surface area contributed by atoms with Gasteiger partial charge in [0.2, 0.25) is 0 Å². The second-order valence-corrected chi connectivity index (χ2v) is 4.74. The summed E-state index contributed by atoms with van der Waals surface area (Å²) >= 11 is 0. The van der Waals surface area contributed by atoms with Crippen LogP contribution in [0.5, 0.6) is 0 Å². The van der Waals surface area contributed by atoms with Crippen molar-refractivity contribution in [2.24, 2.45) is 0 Å². The molecule has 0 amide bonds. The Hall–Kier alpha value is -1.71. The van der Waals surface area contributed by atoms with Crippen molar-refractivity contribution < 1.29 is 9.59 Å². The highest BCUT2D eigenvalue weighted by Gasteiger charge is 2.05. The van der Waals surface area contributed by atoms with Crippen LogP contribution in [0.15, 0.2) is 23.1 Å². The van der Waals surface area contributed by atoms with Gasteiger partial charge >= 0.3 is 0 Å². The maximum absolute atomic E-state index is 11.7. The number of Topliss-reactive ketones (excluding diaryl/α,β-unsaturated/α-hetero) is 2. The van der Waals surface area contributed by atoms with Crippen LogP contribution in [0.4, 0.5) is 0 Å². The van der Waals surface area contributed by atoms with E-state index < -0.39 is 0 Å². The minimum Gasteiger partial charge on any atom is -0.315 e. The van der Waals surface area contributed by atoms with Crippen LogP contribution in [0.3, 0.4) is 0 Å². The number of carbonyl (C=O) groups excluding carboxylic acids is 2. The number of nitrogens with zero attached hydrogens (tertiary/aromatic N) is 1. The topological polar surface area (TPSA) is 56.1 Å². The fourth-order valence-corrected chi connectivity index (χ4v) is 1.91. The van der Waals surface area contributed by atoms with Gasteiger partial charge in [0.05, 0.1) is 0 Å². The third-order valence-electron chi connectivity index (χ3n) is 3.05. The van der Waals surface area contributed by atoms with E-state index in [9.17, 15) is 14.4 Å². The molecule has 1 aromatic rings. The summed E-state index contributed by atoms with van der Waals surface area (Å²) in [6, 6.07) is 3.03. The van der Waals surface area contributed by atoms with Crippen molar-refractivity contribution in [3.63, 3.8) is 0 Å². The zero-order chi connectivity index (χ0) is 14.3. The van der Waals surface area contributed by atoms with Gasteiger partial charge in [-0.3, -0.25) is 9.59 Å². The molecule has 104 valence electrons. The Bertz CT molecular complexity index is 502. The van der Waals surface area contributed by atoms with Gasteiger partial charge < -0.3 is 9.36 Å². The lowest BCUT2D eigenvalue weighted by Crippen LogP contribution is -2.20. The minimum absolute atomic E-state index is 0.0466. The van der Waals surface area contributed by atoms with Crippen LogP contribution in [0, 0.1) is 0 Å². The summed E-state index contributed by atoms with van der Waals surface area (Å²) in [5, 5.41) is 0. The van der Waals surface area contributed by atoms with Gasteiger partial charge in [-0.25, -0.2) is 0 Å². The van der Waals surface area contributed by atoms with Gasteiger partial charge in [0, 0.05) is 37.2 Å². The highest BCUT2D eigenvalue weighted by Crippen LogP contribution is 2.04. The van der Waals surface area contributed by atoms with Crippen LogP contribution in [0.25, 0.3) is 0 Å². The van der Waals surface area contributed by atoms with Crippen molar-refractivity contribution in [2.45, 2.75) is 52.5 Å². The van der Waals surface area contributed by atoms with Crippen LogP contribution in [0.1, 0.15) is 56.3 Å². The zero-order valence-corrected chi connectivity index (χ0v) is 11.6. The molecule has 0 saturated carbocycles. The molecule has 1 rings (SSSR count). The lowest BCUT2D eigenvalue weighted by Gasteiger charge is -2.07. The molecular formula is C15H21NO3. The Morgan fingerprint density at radius 3 is 2.53 bits per heavy atom. The summed E-state index contributed by atoms with van der Waals surface area (Å²) in [7, 11) is 0. The molecule has 1 aromatic heterocycles. The molecule has 0 radical (unpaired) electrons. The van der Waals surface area contributed by atoms with E-state index in [1.54, 1.807) is 30.7 Å². The van der Waals surface area contributed by atoms with E-state index in [0.717, 1.165) is 19.3 Å². The molecule has 0 aliphatic carbocycles. The second-order valence-electron chi connectivity index (χ2n) is 4.74. The summed E-state index contributed by atoms with van der Waals surface area (Å²) in [4.78, 5) is 34.0. The number of hydrogen-bond donors (Lipinski definition) is 0. The van der Waals surface area contributed by atoms with Crippen LogP contribution >= 0.6 is 0 Å². The Kier molecular flexibility index (Phi) is 6.19. The van der Waals surface area contributed by atoms with E-state index in [4.69, 9.17) is 0 Å². The summed E-state index contributed by atoms with van der Waals surface area (Å²) < 4.78 is 1.58. The fourth-order valence-electron chi connectivity index (χ4n) is 1.91. The number of pyridine rings is 1. The molecule has 1 heterocycles. The molecule has 0 aliphatic heterocycles. The first-order valence-corrected chi connectivity index (χ1v) is 6.77. The predicted molar refractivity (Wildman–Crippen MR) is 74.5 cm³/mol. The molecule has 0 atom stereocenters. The Balaban J connectivity index is 2.55. The first kappa shape index (κ1) is 15.3. The largest absolute Gasteiger partial charge is 0.315 e. The average Bonchev–Trinajstić information content (AvgIpc) is 2.39. The first-order valence-electron chi connectivity index (χ1n) is 6.77. The first-order chi connectivity index (χ1) is 9.04. The summed E-state index contributed by atoms with van der Waals surface area (Å²) in [6.07, 6.45) is 5.30.